The number of para-hydroxylation sites is 1. The van der Waals surface area contributed by atoms with E-state index in [4.69, 9.17) is 5.11 Å². The Morgan fingerprint density at radius 3 is 2.29 bits per heavy atom. The van der Waals surface area contributed by atoms with Crippen LogP contribution in [0.1, 0.15) is 27.7 Å². The molecule has 0 fully saturated rings. The van der Waals surface area contributed by atoms with Gasteiger partial charge in [0.2, 0.25) is 10.0 Å². The smallest absolute Gasteiger partial charge is 0.323 e. The van der Waals surface area contributed by atoms with E-state index in [9.17, 15) is 13.2 Å². The summed E-state index contributed by atoms with van der Waals surface area (Å²) in [6.45, 7) is 6.85. The second kappa shape index (κ2) is 6.91. The van der Waals surface area contributed by atoms with Crippen molar-refractivity contribution in [2.75, 3.05) is 11.4 Å². The molecule has 1 aromatic rings. The van der Waals surface area contributed by atoms with Crippen molar-refractivity contribution >= 4 is 21.7 Å². The van der Waals surface area contributed by atoms with Crippen LogP contribution in [0.5, 0.6) is 0 Å². The van der Waals surface area contributed by atoms with Crippen molar-refractivity contribution in [3.05, 3.63) is 24.3 Å². The Kier molecular flexibility index (Phi) is 5.74. The number of carboxylic acid groups (broad SMARTS) is 1. The van der Waals surface area contributed by atoms with Crippen LogP contribution in [0.3, 0.4) is 0 Å². The van der Waals surface area contributed by atoms with Gasteiger partial charge in [-0.2, -0.15) is 0 Å². The predicted octanol–water partition coefficient (Wildman–Crippen LogP) is 1.67. The van der Waals surface area contributed by atoms with Crippen LogP contribution >= 0.6 is 0 Å². The average Bonchev–Trinajstić information content (AvgIpc) is 2.34. The van der Waals surface area contributed by atoms with E-state index in [1.807, 2.05) is 13.8 Å². The zero-order valence-electron chi connectivity index (χ0n) is 12.7. The van der Waals surface area contributed by atoms with E-state index in [0.29, 0.717) is 5.69 Å². The largest absolute Gasteiger partial charge is 0.480 e. The van der Waals surface area contributed by atoms with Gasteiger partial charge in [-0.3, -0.25) is 4.79 Å². The third kappa shape index (κ3) is 4.71. The molecule has 0 unspecified atom stereocenters. The Hall–Kier alpha value is -1.60. The van der Waals surface area contributed by atoms with Crippen LogP contribution in [0.15, 0.2) is 29.2 Å². The van der Waals surface area contributed by atoms with Gasteiger partial charge >= 0.3 is 5.97 Å². The molecular weight excluding hydrogens is 292 g/mol. The first kappa shape index (κ1) is 17.5. The fraction of sp³-hybridized carbons (Fsp3) is 0.500. The Morgan fingerprint density at radius 1 is 1.24 bits per heavy atom. The molecule has 0 aliphatic rings. The number of benzene rings is 1. The third-order valence-corrected chi connectivity index (χ3v) is 4.49. The summed E-state index contributed by atoms with van der Waals surface area (Å²) in [5, 5.41) is 9.03. The fourth-order valence-electron chi connectivity index (χ4n) is 1.99. The lowest BCUT2D eigenvalue weighted by Gasteiger charge is -2.29. The molecule has 118 valence electrons. The van der Waals surface area contributed by atoms with Crippen molar-refractivity contribution in [3.8, 4) is 0 Å². The molecule has 0 aromatic heterocycles. The van der Waals surface area contributed by atoms with Gasteiger partial charge in [0.15, 0.2) is 0 Å². The van der Waals surface area contributed by atoms with Crippen molar-refractivity contribution < 1.29 is 18.3 Å². The van der Waals surface area contributed by atoms with E-state index in [1.54, 1.807) is 36.9 Å². The van der Waals surface area contributed by atoms with Crippen LogP contribution in [0.25, 0.3) is 0 Å². The molecule has 0 atom stereocenters. The van der Waals surface area contributed by atoms with Gasteiger partial charge in [-0.1, -0.05) is 12.1 Å². The summed E-state index contributed by atoms with van der Waals surface area (Å²) in [6, 6.07) is 6.04. The van der Waals surface area contributed by atoms with Crippen LogP contribution < -0.4 is 9.62 Å². The average molecular weight is 314 g/mol. The maximum absolute atomic E-state index is 12.4. The number of rotatable bonds is 7. The van der Waals surface area contributed by atoms with Crippen LogP contribution in [0.4, 0.5) is 5.69 Å². The molecule has 0 radical (unpaired) electrons. The molecule has 0 spiro atoms. The summed E-state index contributed by atoms with van der Waals surface area (Å²) in [5.74, 6) is -1.01. The second-order valence-corrected chi connectivity index (χ2v) is 7.04. The highest BCUT2D eigenvalue weighted by atomic mass is 32.2. The molecule has 0 heterocycles. The monoisotopic (exact) mass is 314 g/mol. The third-order valence-electron chi connectivity index (χ3n) is 2.78. The summed E-state index contributed by atoms with van der Waals surface area (Å²) in [7, 11) is -3.69. The van der Waals surface area contributed by atoms with E-state index in [-0.39, 0.29) is 23.5 Å². The van der Waals surface area contributed by atoms with Gasteiger partial charge < -0.3 is 10.0 Å². The van der Waals surface area contributed by atoms with Crippen LogP contribution in [-0.2, 0) is 14.8 Å². The molecule has 1 rings (SSSR count). The zero-order chi connectivity index (χ0) is 16.2. The lowest BCUT2D eigenvalue weighted by atomic mass is 10.2. The minimum Gasteiger partial charge on any atom is -0.480 e. The number of carboxylic acids is 1. The Morgan fingerprint density at radius 2 is 1.81 bits per heavy atom. The maximum atomic E-state index is 12.4. The lowest BCUT2D eigenvalue weighted by molar-refractivity contribution is -0.135. The lowest BCUT2D eigenvalue weighted by Crippen LogP contribution is -2.38. The first-order valence-corrected chi connectivity index (χ1v) is 8.23. The molecule has 7 heteroatoms. The standard InChI is InChI=1S/C14H22N2O4S/c1-10(2)15-21(19,20)13-8-6-5-7-12(13)16(11(3)4)9-14(17)18/h5-8,10-11,15H,9H2,1-4H3,(H,17,18). The number of carbonyl (C=O) groups is 1. The van der Waals surface area contributed by atoms with Crippen molar-refractivity contribution in [1.82, 2.24) is 4.72 Å². The SMILES string of the molecule is CC(C)NS(=O)(=O)c1ccccc1N(CC(=O)O)C(C)C. The van der Waals surface area contributed by atoms with Gasteiger partial charge in [0.05, 0.1) is 5.69 Å². The molecule has 0 bridgehead atoms. The minimum atomic E-state index is -3.69. The summed E-state index contributed by atoms with van der Waals surface area (Å²) in [6.07, 6.45) is 0. The van der Waals surface area contributed by atoms with Crippen molar-refractivity contribution in [2.45, 2.75) is 44.7 Å². The number of aliphatic carboxylic acids is 1. The molecular formula is C14H22N2O4S. The highest BCUT2D eigenvalue weighted by molar-refractivity contribution is 7.89. The molecule has 6 nitrogen and oxygen atoms in total. The Bertz CT molecular complexity index is 597. The van der Waals surface area contributed by atoms with Gasteiger partial charge in [-0.15, -0.1) is 0 Å². The topological polar surface area (TPSA) is 86.7 Å². The molecule has 1 aromatic carbocycles. The van der Waals surface area contributed by atoms with E-state index in [0.717, 1.165) is 0 Å². The number of anilines is 1. The quantitative estimate of drug-likeness (QED) is 0.799. The van der Waals surface area contributed by atoms with Crippen molar-refractivity contribution in [1.29, 1.82) is 0 Å². The second-order valence-electron chi connectivity index (χ2n) is 5.36. The molecule has 0 aliphatic heterocycles. The first-order valence-electron chi connectivity index (χ1n) is 6.75. The molecule has 0 saturated heterocycles. The summed E-state index contributed by atoms with van der Waals surface area (Å²) >= 11 is 0. The number of nitrogens with zero attached hydrogens (tertiary/aromatic N) is 1. The normalized spacial score (nSPS) is 11.9. The molecule has 2 N–H and O–H groups in total. The Labute approximate surface area is 125 Å². The summed E-state index contributed by atoms with van der Waals surface area (Å²) < 4.78 is 27.3. The zero-order valence-corrected chi connectivity index (χ0v) is 13.5. The number of nitrogens with one attached hydrogen (secondary N) is 1. The van der Waals surface area contributed by atoms with Gasteiger partial charge in [0.25, 0.3) is 0 Å². The van der Waals surface area contributed by atoms with Crippen LogP contribution in [-0.4, -0.2) is 38.1 Å². The van der Waals surface area contributed by atoms with Gasteiger partial charge in [-0.05, 0) is 39.8 Å². The number of hydrogen-bond donors (Lipinski definition) is 2. The van der Waals surface area contributed by atoms with E-state index in [1.165, 1.54) is 6.07 Å². The molecule has 21 heavy (non-hydrogen) atoms. The maximum Gasteiger partial charge on any atom is 0.323 e. The van der Waals surface area contributed by atoms with Gasteiger partial charge in [0, 0.05) is 12.1 Å². The van der Waals surface area contributed by atoms with Crippen molar-refractivity contribution in [2.24, 2.45) is 0 Å². The Balaban J connectivity index is 3.34. The highest BCUT2D eigenvalue weighted by Crippen LogP contribution is 2.26. The van der Waals surface area contributed by atoms with E-state index >= 15 is 0 Å². The molecule has 0 aliphatic carbocycles. The predicted molar refractivity (Wildman–Crippen MR) is 82.0 cm³/mol. The fourth-order valence-corrected chi connectivity index (χ4v) is 3.45. The van der Waals surface area contributed by atoms with E-state index in [2.05, 4.69) is 4.72 Å². The van der Waals surface area contributed by atoms with Crippen LogP contribution in [0, 0.1) is 0 Å². The van der Waals surface area contributed by atoms with Crippen LogP contribution in [0.2, 0.25) is 0 Å². The number of sulfonamides is 1. The summed E-state index contributed by atoms with van der Waals surface area (Å²) in [5.41, 5.74) is 0.392. The van der Waals surface area contributed by atoms with E-state index < -0.39 is 16.0 Å². The van der Waals surface area contributed by atoms with Gasteiger partial charge in [-0.25, -0.2) is 13.1 Å². The molecule has 0 amide bonds. The van der Waals surface area contributed by atoms with Gasteiger partial charge in [0.1, 0.15) is 11.4 Å². The molecule has 0 saturated carbocycles. The summed E-state index contributed by atoms with van der Waals surface area (Å²) in [4.78, 5) is 12.7. The van der Waals surface area contributed by atoms with Crippen molar-refractivity contribution in [3.63, 3.8) is 0 Å². The first-order chi connectivity index (χ1) is 9.65. The highest BCUT2D eigenvalue weighted by Gasteiger charge is 2.24. The number of hydrogen-bond acceptors (Lipinski definition) is 4. The minimum absolute atomic E-state index is 0.0913.